The molecule has 1 aliphatic rings. The Balaban J connectivity index is 1.95. The lowest BCUT2D eigenvalue weighted by Gasteiger charge is -2.46. The molecule has 0 bridgehead atoms. The van der Waals surface area contributed by atoms with Gasteiger partial charge in [-0.1, -0.05) is 18.2 Å². The van der Waals surface area contributed by atoms with Crippen LogP contribution in [0.1, 0.15) is 26.3 Å². The van der Waals surface area contributed by atoms with E-state index < -0.39 is 35.5 Å². The quantitative estimate of drug-likeness (QED) is 0.505. The van der Waals surface area contributed by atoms with Crippen LogP contribution in [-0.2, 0) is 20.7 Å². The maximum atomic E-state index is 14.0. The number of halogens is 1. The summed E-state index contributed by atoms with van der Waals surface area (Å²) in [6.45, 7) is 4.96. The van der Waals surface area contributed by atoms with Crippen LogP contribution < -0.4 is 10.1 Å². The van der Waals surface area contributed by atoms with Crippen molar-refractivity contribution in [3.8, 4) is 16.9 Å². The second-order valence-corrected chi connectivity index (χ2v) is 9.92. The minimum atomic E-state index is -1.34. The summed E-state index contributed by atoms with van der Waals surface area (Å²) < 4.78 is 31.2. The lowest BCUT2D eigenvalue weighted by Crippen LogP contribution is -2.63. The smallest absolute Gasteiger partial charge is 0.229 e. The van der Waals surface area contributed by atoms with Crippen LogP contribution in [0.15, 0.2) is 42.5 Å². The molecule has 1 fully saturated rings. The first kappa shape index (κ1) is 26.2. The predicted molar refractivity (Wildman–Crippen MR) is 132 cm³/mol. The Kier molecular flexibility index (Phi) is 7.77. The average Bonchev–Trinajstić information content (AvgIpc) is 2.71. The number of carbonyl (C=O) groups excluding carboxylic acids is 1. The molecule has 3 N–H and O–H groups in total. The van der Waals surface area contributed by atoms with E-state index in [0.717, 1.165) is 11.1 Å². The summed E-state index contributed by atoms with van der Waals surface area (Å²) in [4.78, 5) is 11.6. The minimum absolute atomic E-state index is 0.142. The molecule has 4 atom stereocenters. The Bertz CT molecular complexity index is 1030. The lowest BCUT2D eigenvalue weighted by atomic mass is 9.58. The third-order valence-corrected chi connectivity index (χ3v) is 5.91. The number of aliphatic hydroxyl groups excluding tert-OH is 2. The third kappa shape index (κ3) is 5.99. The van der Waals surface area contributed by atoms with Gasteiger partial charge < -0.3 is 29.7 Å². The van der Waals surface area contributed by atoms with Gasteiger partial charge >= 0.3 is 0 Å². The van der Waals surface area contributed by atoms with Gasteiger partial charge in [0.25, 0.3) is 0 Å². The molecule has 2 aromatic carbocycles. The molecule has 1 heterocycles. The van der Waals surface area contributed by atoms with Crippen molar-refractivity contribution in [3.63, 3.8) is 0 Å². The van der Waals surface area contributed by atoms with Crippen molar-refractivity contribution in [2.45, 2.75) is 62.7 Å². The standard InChI is InChI=1S/C24H32B2FNO6/c1-13(29)28-24(25,26)12-15-8-9-17(11-18(15)14-6-5-7-16(27)10-14)33-22-20(31)19(30)21(32-4)23(2,3)34-22/h5-11,19-22,30-31H,12,25-26H2,1-4H3,(H,28,29)/t19-,20+,21+,22+/m0/s1. The molecule has 10 heteroatoms. The highest BCUT2D eigenvalue weighted by atomic mass is 19.1. The van der Waals surface area contributed by atoms with E-state index >= 15 is 0 Å². The molecule has 34 heavy (non-hydrogen) atoms. The number of carbonyl (C=O) groups is 1. The molecular weight excluding hydrogens is 439 g/mol. The zero-order valence-corrected chi connectivity index (χ0v) is 20.5. The molecule has 0 spiro atoms. The number of nitrogens with one attached hydrogen (secondary N) is 1. The fraction of sp³-hybridized carbons (Fsp3) is 0.458. The number of benzene rings is 2. The van der Waals surface area contributed by atoms with E-state index in [9.17, 15) is 19.4 Å². The van der Waals surface area contributed by atoms with Crippen molar-refractivity contribution in [2.75, 3.05) is 7.11 Å². The summed E-state index contributed by atoms with van der Waals surface area (Å²) in [5, 5.41) is 23.5. The first-order valence-electron chi connectivity index (χ1n) is 11.2. The number of ether oxygens (including phenoxy) is 3. The summed E-state index contributed by atoms with van der Waals surface area (Å²) in [6.07, 6.45) is -3.93. The molecule has 1 aliphatic heterocycles. The number of rotatable bonds is 7. The number of amides is 1. The van der Waals surface area contributed by atoms with Gasteiger partial charge in [-0.3, -0.25) is 4.79 Å². The van der Waals surface area contributed by atoms with Gasteiger partial charge in [0.15, 0.2) is 0 Å². The molecular formula is C24H32B2FNO6. The monoisotopic (exact) mass is 471 g/mol. The molecule has 0 saturated carbocycles. The molecule has 182 valence electrons. The van der Waals surface area contributed by atoms with Gasteiger partial charge in [-0.05, 0) is 66.6 Å². The highest BCUT2D eigenvalue weighted by Crippen LogP contribution is 2.35. The zero-order valence-electron chi connectivity index (χ0n) is 20.5. The van der Waals surface area contributed by atoms with Gasteiger partial charge in [0, 0.05) is 14.0 Å². The van der Waals surface area contributed by atoms with Gasteiger partial charge in [0.1, 0.15) is 45.6 Å². The van der Waals surface area contributed by atoms with E-state index in [0.29, 0.717) is 17.7 Å². The first-order chi connectivity index (χ1) is 15.8. The number of methoxy groups -OCH3 is 1. The van der Waals surface area contributed by atoms with Gasteiger partial charge in [0.05, 0.1) is 5.60 Å². The van der Waals surface area contributed by atoms with E-state index in [4.69, 9.17) is 14.2 Å². The van der Waals surface area contributed by atoms with Crippen LogP contribution in [0.4, 0.5) is 4.39 Å². The first-order valence-corrected chi connectivity index (χ1v) is 11.2. The van der Waals surface area contributed by atoms with E-state index in [1.165, 1.54) is 26.2 Å². The second-order valence-electron chi connectivity index (χ2n) is 9.92. The van der Waals surface area contributed by atoms with Gasteiger partial charge in [0.2, 0.25) is 12.2 Å². The van der Waals surface area contributed by atoms with Crippen LogP contribution in [0.3, 0.4) is 0 Å². The third-order valence-electron chi connectivity index (χ3n) is 5.91. The second kappa shape index (κ2) is 10.1. The molecule has 3 rings (SSSR count). The summed E-state index contributed by atoms with van der Waals surface area (Å²) >= 11 is 0. The van der Waals surface area contributed by atoms with Crippen LogP contribution >= 0.6 is 0 Å². The van der Waals surface area contributed by atoms with E-state index in [2.05, 4.69) is 5.32 Å². The van der Waals surface area contributed by atoms with E-state index in [1.807, 2.05) is 21.8 Å². The highest BCUT2D eigenvalue weighted by Gasteiger charge is 2.50. The Morgan fingerprint density at radius 1 is 1.21 bits per heavy atom. The molecule has 2 aromatic rings. The maximum Gasteiger partial charge on any atom is 0.229 e. The molecule has 1 amide bonds. The fourth-order valence-corrected chi connectivity index (χ4v) is 4.54. The van der Waals surface area contributed by atoms with Crippen LogP contribution in [0.5, 0.6) is 5.75 Å². The topological polar surface area (TPSA) is 97.2 Å². The van der Waals surface area contributed by atoms with E-state index in [-0.39, 0.29) is 11.7 Å². The Morgan fingerprint density at radius 2 is 1.91 bits per heavy atom. The largest absolute Gasteiger partial charge is 0.462 e. The summed E-state index contributed by atoms with van der Waals surface area (Å²) in [6, 6.07) is 11.5. The Labute approximate surface area is 201 Å². The number of aliphatic hydroxyl groups is 2. The molecule has 7 nitrogen and oxygen atoms in total. The van der Waals surface area contributed by atoms with Crippen LogP contribution in [-0.4, -0.2) is 74.5 Å². The normalized spacial score (nSPS) is 24.4. The summed E-state index contributed by atoms with van der Waals surface area (Å²) in [5.41, 5.74) is 1.33. The van der Waals surface area contributed by atoms with Crippen molar-refractivity contribution < 1.29 is 33.6 Å². The van der Waals surface area contributed by atoms with Gasteiger partial charge in [-0.15, -0.1) is 0 Å². The van der Waals surface area contributed by atoms with Gasteiger partial charge in [-0.25, -0.2) is 4.39 Å². The summed E-state index contributed by atoms with van der Waals surface area (Å²) in [5.74, 6) is -0.142. The van der Waals surface area contributed by atoms with Crippen LogP contribution in [0, 0.1) is 5.82 Å². The molecule has 0 aromatic heterocycles. The molecule has 0 aliphatic carbocycles. The SMILES string of the molecule is BC(B)(Cc1ccc(O[C@@H]2OC(C)(C)[C@H](OC)[C@@H](O)[C@H]2O)cc1-c1cccc(F)c1)NC(C)=O. The molecule has 1 saturated heterocycles. The average molecular weight is 471 g/mol. The zero-order chi connectivity index (χ0) is 25.3. The molecule has 0 radical (unpaired) electrons. The Hall–Kier alpha value is -2.39. The van der Waals surface area contributed by atoms with Gasteiger partial charge in [-0.2, -0.15) is 0 Å². The van der Waals surface area contributed by atoms with Crippen molar-refractivity contribution in [1.82, 2.24) is 5.32 Å². The van der Waals surface area contributed by atoms with Crippen molar-refractivity contribution >= 4 is 21.6 Å². The number of hydrogen-bond acceptors (Lipinski definition) is 6. The minimum Gasteiger partial charge on any atom is -0.462 e. The lowest BCUT2D eigenvalue weighted by molar-refractivity contribution is -0.305. The van der Waals surface area contributed by atoms with Crippen molar-refractivity contribution in [3.05, 3.63) is 53.8 Å². The van der Waals surface area contributed by atoms with Crippen molar-refractivity contribution in [2.24, 2.45) is 0 Å². The fourth-order valence-electron chi connectivity index (χ4n) is 4.54. The highest BCUT2D eigenvalue weighted by molar-refractivity contribution is 6.41. The number of hydrogen-bond donors (Lipinski definition) is 3. The molecule has 0 unspecified atom stereocenters. The maximum absolute atomic E-state index is 14.0. The van der Waals surface area contributed by atoms with E-state index in [1.54, 1.807) is 38.1 Å². The summed E-state index contributed by atoms with van der Waals surface area (Å²) in [7, 11) is 5.27. The van der Waals surface area contributed by atoms with Crippen molar-refractivity contribution in [1.29, 1.82) is 0 Å². The van der Waals surface area contributed by atoms with Crippen LogP contribution in [0.25, 0.3) is 11.1 Å². The predicted octanol–water partition coefficient (Wildman–Crippen LogP) is 0.342. The Morgan fingerprint density at radius 3 is 2.53 bits per heavy atom. The van der Waals surface area contributed by atoms with Crippen LogP contribution in [0.2, 0.25) is 0 Å².